The normalized spacial score (nSPS) is 24.4. The summed E-state index contributed by atoms with van der Waals surface area (Å²) in [5, 5.41) is 9.18. The second-order valence-electron chi connectivity index (χ2n) is 5.24. The van der Waals surface area contributed by atoms with Crippen LogP contribution < -0.4 is 0 Å². The van der Waals surface area contributed by atoms with Crippen molar-refractivity contribution in [1.29, 1.82) is 0 Å². The van der Waals surface area contributed by atoms with E-state index in [1.165, 1.54) is 0 Å². The maximum absolute atomic E-state index is 12.2. The highest BCUT2D eigenvalue weighted by Crippen LogP contribution is 2.12. The number of carbonyl (C=O) groups excluding carboxylic acids is 1. The molecule has 0 radical (unpaired) electrons. The highest BCUT2D eigenvalue weighted by atomic mass is 16.5. The molecule has 0 saturated carbocycles. The molecular weight excluding hydrogens is 242 g/mol. The van der Waals surface area contributed by atoms with Gasteiger partial charge in [-0.25, -0.2) is 0 Å². The number of aliphatic hydroxyl groups is 1. The first-order chi connectivity index (χ1) is 9.08. The number of nitrogens with zero attached hydrogens (tertiary/aromatic N) is 1. The highest BCUT2D eigenvalue weighted by molar-refractivity contribution is 5.97. The van der Waals surface area contributed by atoms with E-state index in [1.807, 2.05) is 38.1 Å². The summed E-state index contributed by atoms with van der Waals surface area (Å²) in [5.41, 5.74) is 1.84. The average Bonchev–Trinajstić information content (AvgIpc) is 2.38. The average molecular weight is 263 g/mol. The molecule has 2 rings (SSSR count). The van der Waals surface area contributed by atoms with E-state index in [1.54, 1.807) is 0 Å². The lowest BCUT2D eigenvalue weighted by Gasteiger charge is -2.35. The Balaban J connectivity index is 1.98. The monoisotopic (exact) mass is 263 g/mol. The summed E-state index contributed by atoms with van der Waals surface area (Å²) in [6, 6.07) is 7.65. The van der Waals surface area contributed by atoms with Crippen LogP contribution in [0, 0.1) is 6.92 Å². The van der Waals surface area contributed by atoms with Gasteiger partial charge in [0.25, 0.3) is 0 Å². The number of aryl methyl sites for hydroxylation is 1. The fourth-order valence-corrected chi connectivity index (χ4v) is 2.48. The van der Waals surface area contributed by atoms with Crippen molar-refractivity contribution in [2.75, 3.05) is 26.2 Å². The molecule has 0 aromatic heterocycles. The number of hydrogen-bond acceptors (Lipinski definition) is 4. The minimum atomic E-state index is -0.186. The number of hydrogen-bond donors (Lipinski definition) is 1. The third-order valence-corrected chi connectivity index (χ3v) is 3.31. The Morgan fingerprint density at radius 1 is 1.47 bits per heavy atom. The second-order valence-corrected chi connectivity index (χ2v) is 5.24. The minimum Gasteiger partial charge on any atom is -0.394 e. The third kappa shape index (κ3) is 3.86. The third-order valence-electron chi connectivity index (χ3n) is 3.31. The highest BCUT2D eigenvalue weighted by Gasteiger charge is 2.26. The summed E-state index contributed by atoms with van der Waals surface area (Å²) in [5.74, 6) is 0.120. The topological polar surface area (TPSA) is 49.8 Å². The first kappa shape index (κ1) is 14.2. The summed E-state index contributed by atoms with van der Waals surface area (Å²) >= 11 is 0. The van der Waals surface area contributed by atoms with Crippen LogP contribution in [0.1, 0.15) is 22.8 Å². The Bertz CT molecular complexity index is 447. The molecule has 4 nitrogen and oxygen atoms in total. The van der Waals surface area contributed by atoms with Gasteiger partial charge in [0.15, 0.2) is 5.78 Å². The first-order valence-electron chi connectivity index (χ1n) is 6.67. The van der Waals surface area contributed by atoms with E-state index in [0.717, 1.165) is 17.7 Å². The standard InChI is InChI=1S/C15H21NO3/c1-11-4-3-5-13(6-11)15(18)9-16-7-12(2)19-14(8-16)10-17/h3-6,12,14,17H,7-10H2,1-2H3. The molecule has 1 aromatic rings. The number of rotatable bonds is 4. The predicted octanol–water partition coefficient (Wildman–Crippen LogP) is 1.26. The molecule has 1 heterocycles. The van der Waals surface area contributed by atoms with Gasteiger partial charge < -0.3 is 9.84 Å². The molecule has 4 heteroatoms. The van der Waals surface area contributed by atoms with Crippen molar-refractivity contribution in [3.8, 4) is 0 Å². The van der Waals surface area contributed by atoms with E-state index >= 15 is 0 Å². The largest absolute Gasteiger partial charge is 0.394 e. The number of aliphatic hydroxyl groups excluding tert-OH is 1. The first-order valence-corrected chi connectivity index (χ1v) is 6.67. The molecule has 2 unspecified atom stereocenters. The van der Waals surface area contributed by atoms with Gasteiger partial charge in [-0.2, -0.15) is 0 Å². The van der Waals surface area contributed by atoms with Gasteiger partial charge in [0.1, 0.15) is 0 Å². The summed E-state index contributed by atoms with van der Waals surface area (Å²) in [6.45, 7) is 5.67. The van der Waals surface area contributed by atoms with Gasteiger partial charge in [-0.15, -0.1) is 0 Å². The fourth-order valence-electron chi connectivity index (χ4n) is 2.48. The molecular formula is C15H21NO3. The quantitative estimate of drug-likeness (QED) is 0.831. The second kappa shape index (κ2) is 6.28. The van der Waals surface area contributed by atoms with Crippen LogP contribution in [-0.4, -0.2) is 54.2 Å². The number of carbonyl (C=O) groups is 1. The Morgan fingerprint density at radius 2 is 2.26 bits per heavy atom. The van der Waals surface area contributed by atoms with Gasteiger partial charge >= 0.3 is 0 Å². The zero-order valence-corrected chi connectivity index (χ0v) is 11.5. The molecule has 1 fully saturated rings. The number of Topliss-reactive ketones (excluding diaryl/α,β-unsaturated/α-hetero) is 1. The van der Waals surface area contributed by atoms with Crippen LogP contribution in [0.2, 0.25) is 0 Å². The SMILES string of the molecule is Cc1cccc(C(=O)CN2CC(C)OC(CO)C2)c1. The maximum atomic E-state index is 12.2. The smallest absolute Gasteiger partial charge is 0.176 e. The van der Waals surface area contributed by atoms with Crippen LogP contribution in [-0.2, 0) is 4.74 Å². The lowest BCUT2D eigenvalue weighted by Crippen LogP contribution is -2.49. The van der Waals surface area contributed by atoms with Gasteiger partial charge in [-0.05, 0) is 19.9 Å². The van der Waals surface area contributed by atoms with Gasteiger partial charge in [-0.3, -0.25) is 9.69 Å². The maximum Gasteiger partial charge on any atom is 0.176 e. The van der Waals surface area contributed by atoms with E-state index in [0.29, 0.717) is 13.1 Å². The molecule has 19 heavy (non-hydrogen) atoms. The van der Waals surface area contributed by atoms with Crippen LogP contribution in [0.25, 0.3) is 0 Å². The molecule has 104 valence electrons. The van der Waals surface area contributed by atoms with Gasteiger partial charge in [0.05, 0.1) is 25.4 Å². The number of benzene rings is 1. The van der Waals surface area contributed by atoms with Crippen molar-refractivity contribution < 1.29 is 14.6 Å². The van der Waals surface area contributed by atoms with Crippen LogP contribution in [0.3, 0.4) is 0 Å². The van der Waals surface area contributed by atoms with Crippen LogP contribution in [0.15, 0.2) is 24.3 Å². The Hall–Kier alpha value is -1.23. The van der Waals surface area contributed by atoms with E-state index in [9.17, 15) is 9.90 Å². The van der Waals surface area contributed by atoms with Crippen molar-refractivity contribution >= 4 is 5.78 Å². The Morgan fingerprint density at radius 3 is 2.95 bits per heavy atom. The number of ether oxygens (including phenoxy) is 1. The molecule has 0 bridgehead atoms. The van der Waals surface area contributed by atoms with E-state index in [-0.39, 0.29) is 24.6 Å². The molecule has 1 aliphatic rings. The van der Waals surface area contributed by atoms with Crippen molar-refractivity contribution in [3.05, 3.63) is 35.4 Å². The number of morpholine rings is 1. The molecule has 2 atom stereocenters. The minimum absolute atomic E-state index is 0.000520. The van der Waals surface area contributed by atoms with Crippen molar-refractivity contribution in [2.45, 2.75) is 26.1 Å². The summed E-state index contributed by atoms with van der Waals surface area (Å²) in [7, 11) is 0. The van der Waals surface area contributed by atoms with Crippen LogP contribution in [0.4, 0.5) is 0 Å². The van der Waals surface area contributed by atoms with Gasteiger partial charge in [0, 0.05) is 18.7 Å². The molecule has 0 amide bonds. The number of ketones is 1. The fraction of sp³-hybridized carbons (Fsp3) is 0.533. The van der Waals surface area contributed by atoms with Gasteiger partial charge in [0.2, 0.25) is 0 Å². The van der Waals surface area contributed by atoms with Crippen molar-refractivity contribution in [2.24, 2.45) is 0 Å². The Labute approximate surface area is 114 Å². The molecule has 1 aromatic carbocycles. The zero-order valence-electron chi connectivity index (χ0n) is 11.5. The van der Waals surface area contributed by atoms with E-state index in [4.69, 9.17) is 4.74 Å². The molecule has 0 aliphatic carbocycles. The molecule has 1 saturated heterocycles. The van der Waals surface area contributed by atoms with E-state index in [2.05, 4.69) is 4.90 Å². The Kier molecular flexibility index (Phi) is 4.69. The molecule has 1 N–H and O–H groups in total. The summed E-state index contributed by atoms with van der Waals surface area (Å²) in [6.07, 6.45) is -0.134. The van der Waals surface area contributed by atoms with E-state index < -0.39 is 0 Å². The molecule has 0 spiro atoms. The lowest BCUT2D eigenvalue weighted by atomic mass is 10.1. The van der Waals surface area contributed by atoms with Crippen LogP contribution in [0.5, 0.6) is 0 Å². The van der Waals surface area contributed by atoms with Gasteiger partial charge in [-0.1, -0.05) is 23.8 Å². The summed E-state index contributed by atoms with van der Waals surface area (Å²) < 4.78 is 5.57. The van der Waals surface area contributed by atoms with Crippen molar-refractivity contribution in [1.82, 2.24) is 4.90 Å². The molecule has 1 aliphatic heterocycles. The summed E-state index contributed by atoms with van der Waals surface area (Å²) in [4.78, 5) is 14.3. The van der Waals surface area contributed by atoms with Crippen LogP contribution >= 0.6 is 0 Å². The van der Waals surface area contributed by atoms with Crippen molar-refractivity contribution in [3.63, 3.8) is 0 Å². The lowest BCUT2D eigenvalue weighted by molar-refractivity contribution is -0.0926. The predicted molar refractivity (Wildman–Crippen MR) is 73.4 cm³/mol. The zero-order chi connectivity index (χ0) is 13.8.